The lowest BCUT2D eigenvalue weighted by Crippen LogP contribution is -2.66. The average Bonchev–Trinajstić information content (AvgIpc) is 2.11. The first kappa shape index (κ1) is 20.3. The smallest absolute Gasteiger partial charge is 0.155 e. The van der Waals surface area contributed by atoms with Crippen molar-refractivity contribution in [1.29, 1.82) is 0 Å². The summed E-state index contributed by atoms with van der Waals surface area (Å²) in [5, 5.41) is 0. The van der Waals surface area contributed by atoms with Crippen molar-refractivity contribution in [1.82, 2.24) is 0 Å². The average molecular weight is 811 g/mol. The maximum absolute atomic E-state index is 6.51. The molecular formula is C6H6Br9N. The van der Waals surface area contributed by atoms with Crippen molar-refractivity contribution >= 4 is 143 Å². The fraction of sp³-hybridized carbons (Fsp3) is 1.00. The maximum Gasteiger partial charge on any atom is 0.155 e. The van der Waals surface area contributed by atoms with E-state index in [2.05, 4.69) is 143 Å². The molecule has 0 radical (unpaired) electrons. The van der Waals surface area contributed by atoms with Crippen LogP contribution in [-0.4, -0.2) is 24.8 Å². The van der Waals surface area contributed by atoms with Crippen molar-refractivity contribution in [2.75, 3.05) is 0 Å². The molecule has 1 nitrogen and oxygen atoms in total. The van der Waals surface area contributed by atoms with Crippen LogP contribution in [0, 0.1) is 0 Å². The predicted molar refractivity (Wildman–Crippen MR) is 105 cm³/mol. The lowest BCUT2D eigenvalue weighted by molar-refractivity contribution is 0.458. The lowest BCUT2D eigenvalue weighted by Gasteiger charge is -2.45. The molecule has 2 N–H and O–H groups in total. The fourth-order valence-corrected chi connectivity index (χ4v) is 7.57. The third-order valence-electron chi connectivity index (χ3n) is 1.85. The Morgan fingerprint density at radius 3 is 1.06 bits per heavy atom. The summed E-state index contributed by atoms with van der Waals surface area (Å²) in [6.07, 6.45) is 0. The van der Waals surface area contributed by atoms with Crippen LogP contribution in [-0.2, 0) is 0 Å². The Kier molecular flexibility index (Phi) is 10.2. The van der Waals surface area contributed by atoms with Gasteiger partial charge in [0.2, 0.25) is 0 Å². The topological polar surface area (TPSA) is 26.0 Å². The minimum atomic E-state index is -0.706. The molecule has 0 aliphatic rings. The van der Waals surface area contributed by atoms with E-state index >= 15 is 0 Å². The zero-order chi connectivity index (χ0) is 13.3. The van der Waals surface area contributed by atoms with Crippen LogP contribution in [0.2, 0.25) is 0 Å². The molecule has 0 aromatic carbocycles. The van der Waals surface area contributed by atoms with E-state index in [9.17, 15) is 0 Å². The van der Waals surface area contributed by atoms with Crippen LogP contribution in [0.15, 0.2) is 0 Å². The highest BCUT2D eigenvalue weighted by molar-refractivity contribution is 9.39. The molecule has 0 aromatic rings. The normalized spacial score (nSPS) is 21.0. The number of hydrogen-bond donors (Lipinski definition) is 1. The Hall–Kier alpha value is 4.28. The van der Waals surface area contributed by atoms with E-state index in [1.165, 1.54) is 0 Å². The van der Waals surface area contributed by atoms with Crippen LogP contribution in [0.4, 0.5) is 0 Å². The highest BCUT2D eigenvalue weighted by Gasteiger charge is 2.56. The summed E-state index contributed by atoms with van der Waals surface area (Å²) in [5.41, 5.74) is 5.80. The minimum absolute atomic E-state index is 0.0100. The molecule has 0 amide bonds. The summed E-state index contributed by atoms with van der Waals surface area (Å²) >= 11 is 31.5. The summed E-state index contributed by atoms with van der Waals surface area (Å²) in [5.74, 6) is 0. The quantitative estimate of drug-likeness (QED) is 0.333. The molecule has 0 spiro atoms. The van der Waals surface area contributed by atoms with E-state index in [-0.39, 0.29) is 17.1 Å². The van der Waals surface area contributed by atoms with E-state index in [0.29, 0.717) is 0 Å². The van der Waals surface area contributed by atoms with Crippen LogP contribution in [0.3, 0.4) is 0 Å². The largest absolute Gasteiger partial charge is 0.321 e. The van der Waals surface area contributed by atoms with Crippen LogP contribution in [0.5, 0.6) is 0 Å². The Morgan fingerprint density at radius 1 is 0.688 bits per heavy atom. The first-order valence-corrected chi connectivity index (χ1v) is 11.5. The lowest BCUT2D eigenvalue weighted by atomic mass is 9.97. The van der Waals surface area contributed by atoms with Gasteiger partial charge in [-0.3, -0.25) is 0 Å². The summed E-state index contributed by atoms with van der Waals surface area (Å²) in [6, 6.07) is 0. The van der Waals surface area contributed by atoms with Crippen molar-refractivity contribution in [3.8, 4) is 0 Å². The third-order valence-corrected chi connectivity index (χ3v) is 11.4. The molecule has 2 unspecified atom stereocenters. The maximum atomic E-state index is 6.51. The molecule has 98 valence electrons. The molecule has 0 aliphatic carbocycles. The number of hydrogen-bond acceptors (Lipinski definition) is 1. The van der Waals surface area contributed by atoms with E-state index in [4.69, 9.17) is 5.73 Å². The van der Waals surface area contributed by atoms with Crippen molar-refractivity contribution in [3.05, 3.63) is 0 Å². The van der Waals surface area contributed by atoms with Gasteiger partial charge < -0.3 is 5.73 Å². The molecule has 0 saturated heterocycles. The summed E-state index contributed by atoms with van der Waals surface area (Å²) in [4.78, 5) is -0.139. The van der Waals surface area contributed by atoms with Crippen LogP contribution < -0.4 is 5.73 Å². The number of rotatable bonds is 4. The molecule has 0 bridgehead atoms. The molecule has 16 heavy (non-hydrogen) atoms. The molecule has 0 heterocycles. The van der Waals surface area contributed by atoms with Gasteiger partial charge in [-0.05, 0) is 0 Å². The zero-order valence-electron chi connectivity index (χ0n) is 7.29. The molecule has 10 heteroatoms. The second-order valence-electron chi connectivity index (χ2n) is 2.90. The molecule has 0 saturated carbocycles. The van der Waals surface area contributed by atoms with Gasteiger partial charge in [0.25, 0.3) is 0 Å². The van der Waals surface area contributed by atoms with E-state index in [0.717, 1.165) is 0 Å². The summed E-state index contributed by atoms with van der Waals surface area (Å²) in [7, 11) is 0. The van der Waals surface area contributed by atoms with Crippen molar-refractivity contribution in [2.24, 2.45) is 5.73 Å². The first-order valence-electron chi connectivity index (χ1n) is 3.66. The van der Waals surface area contributed by atoms with Crippen LogP contribution in [0.25, 0.3) is 0 Å². The summed E-state index contributed by atoms with van der Waals surface area (Å²) < 4.78 is -0.617. The summed E-state index contributed by atoms with van der Waals surface area (Å²) in [6.45, 7) is 0. The second-order valence-corrected chi connectivity index (χ2v) is 18.0. The van der Waals surface area contributed by atoms with Gasteiger partial charge in [-0.25, -0.2) is 0 Å². The van der Waals surface area contributed by atoms with Crippen LogP contribution in [0.1, 0.15) is 0 Å². The number of alkyl halides is 9. The van der Waals surface area contributed by atoms with Gasteiger partial charge in [0.05, 0.1) is 22.7 Å². The minimum Gasteiger partial charge on any atom is -0.321 e. The van der Waals surface area contributed by atoms with Gasteiger partial charge >= 0.3 is 0 Å². The van der Waals surface area contributed by atoms with E-state index in [1.54, 1.807) is 0 Å². The van der Waals surface area contributed by atoms with Gasteiger partial charge in [0.1, 0.15) is 0 Å². The Bertz CT molecular complexity index is 211. The predicted octanol–water partition coefficient (Wildman–Crippen LogP) is 6.28. The number of halogens is 9. The van der Waals surface area contributed by atoms with Gasteiger partial charge in [-0.15, -0.1) is 0 Å². The zero-order valence-corrected chi connectivity index (χ0v) is 21.6. The third kappa shape index (κ3) is 4.93. The highest BCUT2D eigenvalue weighted by Crippen LogP contribution is 2.53. The van der Waals surface area contributed by atoms with E-state index in [1.807, 2.05) is 0 Å². The van der Waals surface area contributed by atoms with Crippen molar-refractivity contribution in [2.45, 2.75) is 24.8 Å². The fourth-order valence-electron chi connectivity index (χ4n) is 0.882. The molecule has 0 aromatic heterocycles. The SMILES string of the molecule is NC(C(Br)C(Br)Br)(C(Br)C(Br)Br)C(Br)(Br)Br. The molecule has 0 fully saturated rings. The van der Waals surface area contributed by atoms with Gasteiger partial charge in [0, 0.05) is 0 Å². The van der Waals surface area contributed by atoms with Crippen molar-refractivity contribution in [3.63, 3.8) is 0 Å². The van der Waals surface area contributed by atoms with Crippen molar-refractivity contribution < 1.29 is 0 Å². The highest BCUT2D eigenvalue weighted by atomic mass is 80.0. The Labute approximate surface area is 171 Å². The monoisotopic (exact) mass is 802 g/mol. The Balaban J connectivity index is 5.37. The molecule has 2 atom stereocenters. The molecular weight excluding hydrogens is 805 g/mol. The Morgan fingerprint density at radius 2 is 0.938 bits per heavy atom. The van der Waals surface area contributed by atoms with E-state index < -0.39 is 7.68 Å². The second kappa shape index (κ2) is 8.06. The molecule has 0 aliphatic heterocycles. The first-order chi connectivity index (χ1) is 6.96. The van der Waals surface area contributed by atoms with Gasteiger partial charge in [0.15, 0.2) is 2.14 Å². The number of nitrogens with two attached hydrogens (primary N) is 1. The van der Waals surface area contributed by atoms with Gasteiger partial charge in [-0.2, -0.15) is 0 Å². The van der Waals surface area contributed by atoms with Crippen LogP contribution >= 0.6 is 143 Å². The van der Waals surface area contributed by atoms with Gasteiger partial charge in [-0.1, -0.05) is 143 Å². The standard InChI is InChI=1S/C6H6Br9N/c7-1(3(9)10)5(16,6(13,14)15)2(8)4(11)12/h1-4H,16H2. The molecule has 0 rings (SSSR count).